The van der Waals surface area contributed by atoms with Gasteiger partial charge in [0.15, 0.2) is 0 Å². The Morgan fingerprint density at radius 3 is 0.789 bits per heavy atom. The van der Waals surface area contributed by atoms with Crippen LogP contribution in [0.2, 0.25) is 0 Å². The molecule has 0 aromatic carbocycles. The van der Waals surface area contributed by atoms with Gasteiger partial charge in [-0.2, -0.15) is 0 Å². The number of aliphatic hydroxyl groups excluding tert-OH is 11. The normalized spacial score (nSPS) is 8.78. The summed E-state index contributed by atoms with van der Waals surface area (Å²) in [7, 11) is 23.2. The molecule has 0 bridgehead atoms. The van der Waals surface area contributed by atoms with Crippen molar-refractivity contribution in [3.05, 3.63) is 24.5 Å². The summed E-state index contributed by atoms with van der Waals surface area (Å²) in [5.41, 5.74) is 1.19. The van der Waals surface area contributed by atoms with Crippen LogP contribution in [0.4, 0.5) is 5.69 Å². The molecule has 1 rings (SSSR count). The molecule has 1 heterocycles. The number of thioether (sulfide) groups is 4. The molecule has 0 aliphatic heterocycles. The summed E-state index contributed by atoms with van der Waals surface area (Å²) in [5, 5.41) is 86.1. The smallest absolute Gasteiger partial charge is 0.321 e. The van der Waals surface area contributed by atoms with E-state index < -0.39 is 15.5 Å². The molecular formula is C80H186N4O19S6. The van der Waals surface area contributed by atoms with Gasteiger partial charge in [0.25, 0.3) is 0 Å². The number of ether oxygens (including phenoxy) is 5. The van der Waals surface area contributed by atoms with E-state index in [4.69, 9.17) is 109 Å². The van der Waals surface area contributed by atoms with Crippen molar-refractivity contribution in [3.8, 4) is 0 Å². The highest BCUT2D eigenvalue weighted by atomic mass is 32.2. The first-order valence-electron chi connectivity index (χ1n) is 37.6. The number of hydrogen-bond donors (Lipinski definition) is 12. The molecule has 0 unspecified atom stereocenters. The lowest BCUT2D eigenvalue weighted by Crippen LogP contribution is -2.29. The van der Waals surface area contributed by atoms with Crippen LogP contribution >= 0.6 is 71.5 Å². The van der Waals surface area contributed by atoms with Gasteiger partial charge in [-0.3, -0.25) is 14.6 Å². The maximum atomic E-state index is 11.6. The molecular weight excluding hydrogens is 1510 g/mol. The van der Waals surface area contributed by atoms with E-state index in [0.717, 1.165) is 96.8 Å². The molecule has 676 valence electrons. The quantitative estimate of drug-likeness (QED) is 0.0135. The Morgan fingerprint density at radius 1 is 0.422 bits per heavy atom. The average molecular weight is 1700 g/mol. The van der Waals surface area contributed by atoms with E-state index >= 15 is 0 Å². The van der Waals surface area contributed by atoms with Crippen molar-refractivity contribution < 1.29 is 94.6 Å². The van der Waals surface area contributed by atoms with E-state index in [1.54, 1.807) is 78.2 Å². The van der Waals surface area contributed by atoms with Crippen molar-refractivity contribution in [3.63, 3.8) is 0 Å². The Hall–Kier alpha value is -1.75. The van der Waals surface area contributed by atoms with E-state index in [1.165, 1.54) is 165 Å². The van der Waals surface area contributed by atoms with Crippen LogP contribution in [0, 0.1) is 0 Å². The van der Waals surface area contributed by atoms with Crippen molar-refractivity contribution in [2.45, 2.75) is 327 Å². The average Bonchev–Trinajstić information content (AvgIpc) is 0.904. The molecule has 12 N–H and O–H groups in total. The van der Waals surface area contributed by atoms with E-state index in [1.807, 2.05) is 156 Å². The summed E-state index contributed by atoms with van der Waals surface area (Å²) in [6.45, 7) is 43.6. The number of carboxylic acid groups (broad SMARTS) is 1. The van der Waals surface area contributed by atoms with Crippen LogP contribution in [0.1, 0.15) is 281 Å². The number of hydrogen-bond acceptors (Lipinski definition) is 28. The Morgan fingerprint density at radius 2 is 0.624 bits per heavy atom. The predicted octanol–water partition coefficient (Wildman–Crippen LogP) is 18.2. The number of thiocarbonyl (C=S) groups is 2. The highest BCUT2D eigenvalue weighted by Gasteiger charge is 2.31. The summed E-state index contributed by atoms with van der Waals surface area (Å²) in [6, 6.07) is 7.20. The number of unbranched alkanes of at least 4 members (excludes halogenated alkanes) is 18. The number of carbonyl (C=O) groups excluding carboxylic acids is 1. The number of carboxylic acids is 1. The summed E-state index contributed by atoms with van der Waals surface area (Å²) in [5.74, 6) is 1.04. The molecule has 0 aliphatic carbocycles. The van der Waals surface area contributed by atoms with Gasteiger partial charge >= 0.3 is 11.9 Å². The van der Waals surface area contributed by atoms with Crippen LogP contribution in [0.25, 0.3) is 0 Å². The van der Waals surface area contributed by atoms with Gasteiger partial charge in [0.1, 0.15) is 16.6 Å². The third-order valence-electron chi connectivity index (χ3n) is 11.0. The zero-order chi connectivity index (χ0) is 91.5. The molecule has 0 radical (unpaired) electrons. The van der Waals surface area contributed by atoms with Crippen LogP contribution < -0.4 is 4.90 Å². The first kappa shape index (κ1) is 159. The predicted molar refractivity (Wildman–Crippen MR) is 496 cm³/mol. The van der Waals surface area contributed by atoms with Gasteiger partial charge in [-0.15, -0.1) is 23.5 Å². The van der Waals surface area contributed by atoms with Crippen molar-refractivity contribution in [2.75, 3.05) is 144 Å². The first-order valence-corrected chi connectivity index (χ1v) is 42.1. The highest BCUT2D eigenvalue weighted by molar-refractivity contribution is 8.48. The second kappa shape index (κ2) is 162. The van der Waals surface area contributed by atoms with Gasteiger partial charge in [0.2, 0.25) is 0 Å². The molecule has 1 aromatic rings. The number of carbonyl (C=O) groups is 2. The Labute approximate surface area is 702 Å². The van der Waals surface area contributed by atoms with Crippen molar-refractivity contribution in [1.82, 2.24) is 4.98 Å². The Balaban J connectivity index is -0.0000000466. The minimum Gasteiger partial charge on any atom is -0.480 e. The van der Waals surface area contributed by atoms with Crippen LogP contribution in [0.15, 0.2) is 34.5 Å². The molecule has 0 spiro atoms. The zero-order valence-corrected chi connectivity index (χ0v) is 82.7. The summed E-state index contributed by atoms with van der Waals surface area (Å²) in [4.78, 5) is 36.5. The fourth-order valence-corrected chi connectivity index (χ4v) is 11.3. The molecule has 0 saturated carbocycles. The van der Waals surface area contributed by atoms with Crippen LogP contribution in [0.5, 0.6) is 0 Å². The molecule has 0 aliphatic rings. The molecule has 0 saturated heterocycles. The third-order valence-corrected chi connectivity index (χ3v) is 16.6. The third kappa shape index (κ3) is 209. The number of aromatic nitrogens is 1. The number of pyridine rings is 1. The van der Waals surface area contributed by atoms with Crippen LogP contribution in [-0.4, -0.2) is 277 Å². The second-order valence-corrected chi connectivity index (χ2v) is 30.2. The fourth-order valence-electron chi connectivity index (χ4n) is 5.20. The number of aliphatic imine (C=N–C) groups is 2. The minimum absolute atomic E-state index is 0.218. The van der Waals surface area contributed by atoms with Crippen molar-refractivity contribution >= 4 is 102 Å². The summed E-state index contributed by atoms with van der Waals surface area (Å²) in [6.07, 6.45) is 32.0. The van der Waals surface area contributed by atoms with Crippen molar-refractivity contribution in [1.29, 1.82) is 0 Å². The van der Waals surface area contributed by atoms with E-state index in [-0.39, 0.29) is 5.97 Å². The largest absolute Gasteiger partial charge is 0.480 e. The molecule has 29 heteroatoms. The number of aliphatic carboxylic acids is 1. The van der Waals surface area contributed by atoms with Crippen LogP contribution in [-0.2, 0) is 33.3 Å². The Bertz CT molecular complexity index is 1610. The van der Waals surface area contributed by atoms with Gasteiger partial charge in [-0.05, 0) is 147 Å². The topological polar surface area (TPSA) is 364 Å². The van der Waals surface area contributed by atoms with Gasteiger partial charge in [-0.1, -0.05) is 205 Å². The number of esters is 1. The Kier molecular flexibility index (Phi) is 236. The highest BCUT2D eigenvalue weighted by Crippen LogP contribution is 2.33. The van der Waals surface area contributed by atoms with E-state index in [2.05, 4.69) is 34.8 Å². The van der Waals surface area contributed by atoms with Crippen molar-refractivity contribution in [2.24, 2.45) is 9.98 Å². The van der Waals surface area contributed by atoms with Gasteiger partial charge in [0.05, 0.1) is 49.6 Å². The molecule has 0 amide bonds. The number of methoxy groups -OCH3 is 5. The lowest BCUT2D eigenvalue weighted by Gasteiger charge is -2.20. The number of nitrogens with zero attached hydrogens (tertiary/aromatic N) is 4. The lowest BCUT2D eigenvalue weighted by atomic mass is 10.1. The lowest BCUT2D eigenvalue weighted by molar-refractivity contribution is -0.142. The van der Waals surface area contributed by atoms with E-state index in [9.17, 15) is 9.59 Å². The first-order chi connectivity index (χ1) is 51.8. The fraction of sp³-hybridized carbons (Fsp3) is 0.875. The zero-order valence-electron chi connectivity index (χ0n) is 77.8. The minimum atomic E-state index is -0.818. The molecule has 1 aromatic heterocycles. The SMILES string of the molecule is CC.CC.CC(C)N=C=NC(C)C.CCCCCCCCCCCCSC(=S)SC(C)(C)C(=O)O.CCCCCCCCCCCCSC(=S)SC(C)(C)C(=O)OC.CN(C)c1ccncc1.CO.CO.CO.CO.CO.CO.CO.CO.CO.CO.CO.COC(C)C.COC(C)C.COC(C)C.COC(C)C. The van der Waals surface area contributed by atoms with E-state index in [0.29, 0.717) is 36.5 Å². The van der Waals surface area contributed by atoms with Gasteiger partial charge in [-0.25, -0.2) is 9.98 Å². The maximum Gasteiger partial charge on any atom is 0.321 e. The number of rotatable bonds is 33. The molecule has 109 heavy (non-hydrogen) atoms. The molecule has 0 atom stereocenters. The van der Waals surface area contributed by atoms with Crippen LogP contribution in [0.3, 0.4) is 0 Å². The molecule has 0 fully saturated rings. The standard InChI is InChI=1S/C18H34O2S3.C17H32O2S3.C7H10N2.C7H14N2.4C4H10O.2C2H6.11CH4O/c1-5-6-7-8-9-10-11-12-13-14-15-22-17(21)23-18(2,3)16(19)20-4;1-4-5-6-7-8-9-10-11-12-13-14-21-16(20)22-17(2,3)15(18)19;1-9(2)7-3-5-8-6-4-7;1-6(2)8-5-9-7(3)4;4*1-4(2)5-3;13*1-2/h5-15H2,1-4H3;4-14H2,1-3H3,(H,18,19);3-6H,1-2H3;6-7H,1-4H3;4*4H,1-3H3;2*1-2H3;11*2H,1H3. The summed E-state index contributed by atoms with van der Waals surface area (Å²) >= 11 is 16.7. The monoisotopic (exact) mass is 1700 g/mol. The van der Waals surface area contributed by atoms with Gasteiger partial charge in [0, 0.05) is 139 Å². The number of aliphatic hydroxyl groups is 11. The number of anilines is 1. The maximum absolute atomic E-state index is 11.6. The van der Waals surface area contributed by atoms with Gasteiger partial charge < -0.3 is 89.9 Å². The molecule has 23 nitrogen and oxygen atoms in total. The second-order valence-electron chi connectivity index (χ2n) is 22.4. The summed E-state index contributed by atoms with van der Waals surface area (Å²) < 4.78 is 24.0.